The molecule has 4 N–H and O–H groups in total. The lowest BCUT2D eigenvalue weighted by Gasteiger charge is -2.33. The summed E-state index contributed by atoms with van der Waals surface area (Å²) in [4.78, 5) is 16.8. The molecule has 0 unspecified atom stereocenters. The molecular formula is C41H50F2N8. The van der Waals surface area contributed by atoms with Gasteiger partial charge in [-0.1, -0.05) is 32.6 Å². The van der Waals surface area contributed by atoms with Gasteiger partial charge in [0, 0.05) is 85.5 Å². The van der Waals surface area contributed by atoms with Crippen molar-refractivity contribution in [1.82, 2.24) is 24.8 Å². The van der Waals surface area contributed by atoms with Crippen molar-refractivity contribution in [2.45, 2.75) is 71.4 Å². The number of anilines is 1. The molecule has 0 amide bonds. The summed E-state index contributed by atoms with van der Waals surface area (Å²) < 4.78 is 29.5. The lowest BCUT2D eigenvalue weighted by atomic mass is 9.97. The van der Waals surface area contributed by atoms with Gasteiger partial charge in [-0.15, -0.1) is 0 Å². The molecule has 2 aliphatic heterocycles. The minimum Gasteiger partial charge on any atom is -0.404 e. The highest BCUT2D eigenvalue weighted by atomic mass is 19.1. The molecular weight excluding hydrogens is 643 g/mol. The zero-order chi connectivity index (χ0) is 36.1. The number of imidazole rings is 1. The van der Waals surface area contributed by atoms with E-state index in [4.69, 9.17) is 15.7 Å². The number of allylic oxidation sites excluding steroid dienone is 1. The Hall–Kier alpha value is -4.83. The van der Waals surface area contributed by atoms with Crippen LogP contribution in [0.1, 0.15) is 73.5 Å². The van der Waals surface area contributed by atoms with Crippen molar-refractivity contribution >= 4 is 39.7 Å². The average Bonchev–Trinajstić information content (AvgIpc) is 3.43. The molecule has 1 atom stereocenters. The first kappa shape index (κ1) is 36.0. The van der Waals surface area contributed by atoms with Crippen molar-refractivity contribution in [1.29, 1.82) is 0 Å². The van der Waals surface area contributed by atoms with Crippen molar-refractivity contribution in [2.24, 2.45) is 16.6 Å². The van der Waals surface area contributed by atoms with Crippen molar-refractivity contribution in [3.05, 3.63) is 108 Å². The van der Waals surface area contributed by atoms with Crippen LogP contribution in [0.2, 0.25) is 0 Å². The molecule has 51 heavy (non-hydrogen) atoms. The molecule has 268 valence electrons. The van der Waals surface area contributed by atoms with E-state index in [2.05, 4.69) is 63.4 Å². The molecule has 2 aromatic heterocycles. The summed E-state index contributed by atoms with van der Waals surface area (Å²) in [6.45, 7) is 16.5. The van der Waals surface area contributed by atoms with Crippen LogP contribution in [0.25, 0.3) is 28.0 Å². The highest BCUT2D eigenvalue weighted by Crippen LogP contribution is 2.30. The number of halogens is 2. The molecule has 1 saturated heterocycles. The molecule has 0 spiro atoms. The maximum Gasteiger partial charge on any atom is 0.208 e. The van der Waals surface area contributed by atoms with Crippen LogP contribution in [-0.4, -0.2) is 57.9 Å². The standard InChI is InChI=1S/C41H50F2N8/c1-26-8-6-7-9-37(45-5)36(24-44)39-21-32(18-27(2)46-39)29(4)48-41-49-38-11-10-31(22-40(38)51(41)25-26)28(3)47-35-13-16-50(17-14-35)15-12-30-19-33(42)23-34(43)20-30/h10-11,18-24,26,35,47H,3-4,6-9,12-17,25,44H2,1-2,5H3,(H,48,49)/t26-/m1/s1. The Morgan fingerprint density at radius 3 is 2.55 bits per heavy atom. The van der Waals surface area contributed by atoms with E-state index >= 15 is 0 Å². The van der Waals surface area contributed by atoms with E-state index in [1.165, 1.54) is 12.1 Å². The molecule has 2 bridgehead atoms. The molecule has 8 nitrogen and oxygen atoms in total. The molecule has 2 aliphatic rings. The van der Waals surface area contributed by atoms with Gasteiger partial charge < -0.3 is 25.8 Å². The predicted octanol–water partition coefficient (Wildman–Crippen LogP) is 7.95. The fourth-order valence-corrected chi connectivity index (χ4v) is 7.34. The second-order valence-electron chi connectivity index (χ2n) is 14.1. The first-order chi connectivity index (χ1) is 24.6. The molecule has 10 heteroatoms. The number of likely N-dealkylation sites (tertiary alicyclic amines) is 1. The first-order valence-electron chi connectivity index (χ1n) is 18.1. The van der Waals surface area contributed by atoms with Crippen LogP contribution in [0.15, 0.2) is 72.9 Å². The summed E-state index contributed by atoms with van der Waals surface area (Å²) in [6.07, 6.45) is 8.16. The van der Waals surface area contributed by atoms with Crippen LogP contribution in [0.3, 0.4) is 0 Å². The fraction of sp³-hybridized carbons (Fsp3) is 0.390. The zero-order valence-corrected chi connectivity index (χ0v) is 30.1. The number of pyridine rings is 1. The van der Waals surface area contributed by atoms with Crippen molar-refractivity contribution < 1.29 is 8.78 Å². The Kier molecular flexibility index (Phi) is 11.3. The SMILES string of the molecule is C=C1Nc2nc3ccc(C(=C)NC4CCN(CCc5cc(F)cc(F)c5)CC4)cc3n2C[C@H](C)CCCCC(=NC)C(=CN)c2cc1cc(C)n2. The third kappa shape index (κ3) is 8.73. The number of nitrogens with zero attached hydrogens (tertiary/aromatic N) is 5. The Balaban J connectivity index is 1.18. The van der Waals surface area contributed by atoms with E-state index in [0.29, 0.717) is 23.9 Å². The zero-order valence-electron chi connectivity index (χ0n) is 30.1. The van der Waals surface area contributed by atoms with E-state index in [9.17, 15) is 8.78 Å². The lowest BCUT2D eigenvalue weighted by molar-refractivity contribution is 0.207. The lowest BCUT2D eigenvalue weighted by Crippen LogP contribution is -2.42. The molecule has 0 aliphatic carbocycles. The van der Waals surface area contributed by atoms with E-state index < -0.39 is 11.6 Å². The molecule has 4 heterocycles. The van der Waals surface area contributed by atoms with Crippen molar-refractivity contribution in [2.75, 3.05) is 32.0 Å². The van der Waals surface area contributed by atoms with Crippen molar-refractivity contribution in [3.8, 4) is 0 Å². The number of aromatic nitrogens is 3. The summed E-state index contributed by atoms with van der Waals surface area (Å²) in [5.74, 6) is 0.116. The number of aliphatic imine (C=N–C) groups is 1. The second-order valence-corrected chi connectivity index (χ2v) is 14.1. The largest absolute Gasteiger partial charge is 0.404 e. The van der Waals surface area contributed by atoms with E-state index in [0.717, 1.165) is 133 Å². The quantitative estimate of drug-likeness (QED) is 0.190. The maximum atomic E-state index is 13.6. The average molecular weight is 693 g/mol. The monoisotopic (exact) mass is 692 g/mol. The molecule has 0 saturated carbocycles. The third-order valence-corrected chi connectivity index (χ3v) is 10.1. The molecule has 6 rings (SSSR count). The smallest absolute Gasteiger partial charge is 0.208 e. The number of piperidine rings is 1. The predicted molar refractivity (Wildman–Crippen MR) is 206 cm³/mol. The van der Waals surface area contributed by atoms with Gasteiger partial charge in [-0.25, -0.2) is 13.8 Å². The van der Waals surface area contributed by atoms with Gasteiger partial charge in [-0.3, -0.25) is 9.98 Å². The highest BCUT2D eigenvalue weighted by Gasteiger charge is 2.22. The van der Waals surface area contributed by atoms with Crippen molar-refractivity contribution in [3.63, 3.8) is 0 Å². The van der Waals surface area contributed by atoms with Gasteiger partial charge in [0.05, 0.1) is 16.7 Å². The summed E-state index contributed by atoms with van der Waals surface area (Å²) in [7, 11) is 1.82. The minimum absolute atomic E-state index is 0.297. The van der Waals surface area contributed by atoms with E-state index in [1.54, 1.807) is 6.20 Å². The number of benzene rings is 2. The third-order valence-electron chi connectivity index (χ3n) is 10.1. The van der Waals surface area contributed by atoms with Crippen LogP contribution in [-0.2, 0) is 13.0 Å². The number of nitrogens with one attached hydrogen (secondary N) is 2. The minimum atomic E-state index is -0.523. The van der Waals surface area contributed by atoms with Crippen LogP contribution >= 0.6 is 0 Å². The number of fused-ring (bicyclic) bond motifs is 5. The number of hydrogen-bond acceptors (Lipinski definition) is 7. The Bertz CT molecular complexity index is 1950. The molecule has 0 radical (unpaired) electrons. The number of rotatable bonds is 6. The maximum absolute atomic E-state index is 13.6. The van der Waals surface area contributed by atoms with Gasteiger partial charge in [-0.05, 0) is 98.9 Å². The Morgan fingerprint density at radius 1 is 1.06 bits per heavy atom. The molecule has 2 aromatic carbocycles. The van der Waals surface area contributed by atoms with Gasteiger partial charge >= 0.3 is 0 Å². The van der Waals surface area contributed by atoms with E-state index in [1.807, 2.05) is 26.1 Å². The van der Waals surface area contributed by atoms with Gasteiger partial charge in [0.2, 0.25) is 5.95 Å². The highest BCUT2D eigenvalue weighted by molar-refractivity contribution is 6.23. The fourth-order valence-electron chi connectivity index (χ4n) is 7.34. The van der Waals surface area contributed by atoms with Gasteiger partial charge in [0.15, 0.2) is 0 Å². The second kappa shape index (κ2) is 16.0. The first-order valence-corrected chi connectivity index (χ1v) is 18.1. The Morgan fingerprint density at radius 2 is 1.82 bits per heavy atom. The number of hydrogen-bond donors (Lipinski definition) is 3. The summed E-state index contributed by atoms with van der Waals surface area (Å²) in [5, 5.41) is 7.24. The number of aryl methyl sites for hydroxylation is 1. The molecule has 1 fully saturated rings. The van der Waals surface area contributed by atoms with E-state index in [-0.39, 0.29) is 0 Å². The van der Waals surface area contributed by atoms with Crippen LogP contribution in [0.5, 0.6) is 0 Å². The van der Waals surface area contributed by atoms with Crippen LogP contribution in [0, 0.1) is 24.5 Å². The number of nitrogens with two attached hydrogens (primary N) is 1. The van der Waals surface area contributed by atoms with Gasteiger partial charge in [0.25, 0.3) is 0 Å². The van der Waals surface area contributed by atoms with Crippen LogP contribution in [0.4, 0.5) is 14.7 Å². The summed E-state index contributed by atoms with van der Waals surface area (Å²) in [6, 6.07) is 14.4. The van der Waals surface area contributed by atoms with Gasteiger partial charge in [-0.2, -0.15) is 0 Å². The van der Waals surface area contributed by atoms with Crippen LogP contribution < -0.4 is 16.4 Å². The van der Waals surface area contributed by atoms with Gasteiger partial charge in [0.1, 0.15) is 11.6 Å². The normalized spacial score (nSPS) is 19.8. The summed E-state index contributed by atoms with van der Waals surface area (Å²) in [5.41, 5.74) is 15.8. The molecule has 4 aromatic rings. The Labute approximate surface area is 300 Å². The topological polar surface area (TPSA) is 96.4 Å². The summed E-state index contributed by atoms with van der Waals surface area (Å²) >= 11 is 0.